The summed E-state index contributed by atoms with van der Waals surface area (Å²) in [6, 6.07) is 5.20. The highest BCUT2D eigenvalue weighted by atomic mass is 32.2. The molecule has 0 amide bonds. The van der Waals surface area contributed by atoms with Gasteiger partial charge in [-0.05, 0) is 32.4 Å². The molecule has 1 aromatic rings. The summed E-state index contributed by atoms with van der Waals surface area (Å²) in [5.74, 6) is 2.04. The van der Waals surface area contributed by atoms with E-state index in [0.29, 0.717) is 30.3 Å². The van der Waals surface area contributed by atoms with Gasteiger partial charge in [-0.3, -0.25) is 0 Å². The second-order valence-electron chi connectivity index (χ2n) is 4.81. The maximum Gasteiger partial charge on any atom is 0.231 e. The Hall–Kier alpha value is -1.47. The fraction of sp³-hybridized carbons (Fsp3) is 0.538. The van der Waals surface area contributed by atoms with Crippen LogP contribution in [-0.4, -0.2) is 33.6 Å². The van der Waals surface area contributed by atoms with Crippen LogP contribution in [0.2, 0.25) is 0 Å². The molecule has 0 bridgehead atoms. The number of sulfonamides is 1. The van der Waals surface area contributed by atoms with Crippen LogP contribution < -0.4 is 18.9 Å². The van der Waals surface area contributed by atoms with E-state index in [1.807, 2.05) is 0 Å². The van der Waals surface area contributed by atoms with Crippen LogP contribution in [0.3, 0.4) is 0 Å². The van der Waals surface area contributed by atoms with Crippen LogP contribution in [0, 0.1) is 0 Å². The molecule has 0 saturated carbocycles. The Morgan fingerprint density at radius 2 is 2.05 bits per heavy atom. The second-order valence-corrected chi connectivity index (χ2v) is 6.68. The van der Waals surface area contributed by atoms with Crippen molar-refractivity contribution in [2.45, 2.75) is 26.3 Å². The molecular formula is C13H19NO5S. The summed E-state index contributed by atoms with van der Waals surface area (Å²) in [5, 5.41) is 0. The minimum Gasteiger partial charge on any atom is -0.493 e. The van der Waals surface area contributed by atoms with Crippen LogP contribution in [0.1, 0.15) is 20.3 Å². The average molecular weight is 301 g/mol. The van der Waals surface area contributed by atoms with Crippen LogP contribution >= 0.6 is 0 Å². The number of fused-ring (bicyclic) bond motifs is 1. The smallest absolute Gasteiger partial charge is 0.231 e. The third kappa shape index (κ3) is 4.28. The van der Waals surface area contributed by atoms with Gasteiger partial charge in [-0.1, -0.05) is 0 Å². The van der Waals surface area contributed by atoms with Crippen molar-refractivity contribution >= 4 is 10.0 Å². The summed E-state index contributed by atoms with van der Waals surface area (Å²) in [4.78, 5) is 0. The Bertz CT molecular complexity index is 556. The van der Waals surface area contributed by atoms with Gasteiger partial charge in [0.05, 0.1) is 12.4 Å². The molecule has 0 spiro atoms. The van der Waals surface area contributed by atoms with Gasteiger partial charge >= 0.3 is 0 Å². The van der Waals surface area contributed by atoms with Crippen molar-refractivity contribution in [3.05, 3.63) is 18.2 Å². The fourth-order valence-corrected chi connectivity index (χ4v) is 3.16. The first kappa shape index (κ1) is 14.9. The largest absolute Gasteiger partial charge is 0.493 e. The van der Waals surface area contributed by atoms with Gasteiger partial charge in [0.1, 0.15) is 5.75 Å². The highest BCUT2D eigenvalue weighted by molar-refractivity contribution is 7.89. The Morgan fingerprint density at radius 1 is 1.30 bits per heavy atom. The van der Waals surface area contributed by atoms with Crippen LogP contribution in [-0.2, 0) is 10.0 Å². The minimum absolute atomic E-state index is 0.0513. The van der Waals surface area contributed by atoms with Gasteiger partial charge in [-0.2, -0.15) is 0 Å². The molecule has 0 fully saturated rings. The molecule has 0 radical (unpaired) electrons. The summed E-state index contributed by atoms with van der Waals surface area (Å²) in [6.45, 7) is 4.14. The normalized spacial score (nSPS) is 13.8. The molecule has 7 heteroatoms. The summed E-state index contributed by atoms with van der Waals surface area (Å²) in [5.41, 5.74) is 0. The van der Waals surface area contributed by atoms with E-state index in [0.717, 1.165) is 0 Å². The molecule has 1 aliphatic rings. The second kappa shape index (κ2) is 6.32. The molecule has 1 aromatic carbocycles. The summed E-state index contributed by atoms with van der Waals surface area (Å²) in [7, 11) is -3.22. The number of ether oxygens (including phenoxy) is 3. The van der Waals surface area contributed by atoms with E-state index in [-0.39, 0.29) is 18.6 Å². The Morgan fingerprint density at radius 3 is 2.80 bits per heavy atom. The van der Waals surface area contributed by atoms with Gasteiger partial charge in [-0.25, -0.2) is 13.1 Å². The number of benzene rings is 1. The lowest BCUT2D eigenvalue weighted by molar-refractivity contribution is 0.173. The first-order chi connectivity index (χ1) is 9.46. The Labute approximate surface area is 119 Å². The number of hydrogen-bond donors (Lipinski definition) is 1. The maximum atomic E-state index is 11.6. The number of rotatable bonds is 7. The van der Waals surface area contributed by atoms with Crippen molar-refractivity contribution in [2.75, 3.05) is 19.2 Å². The first-order valence-electron chi connectivity index (χ1n) is 6.49. The predicted molar refractivity (Wildman–Crippen MR) is 74.7 cm³/mol. The topological polar surface area (TPSA) is 73.9 Å². The average Bonchev–Trinajstić information content (AvgIpc) is 2.80. The zero-order chi connectivity index (χ0) is 14.6. The molecule has 1 N–H and O–H groups in total. The lowest BCUT2D eigenvalue weighted by Crippen LogP contribution is -2.32. The fourth-order valence-electron chi connectivity index (χ4n) is 1.82. The van der Waals surface area contributed by atoms with Crippen molar-refractivity contribution in [3.8, 4) is 17.2 Å². The molecule has 0 saturated heterocycles. The SMILES string of the molecule is CC(C)NS(=O)(=O)CCCOc1ccc2c(c1)OCO2. The van der Waals surface area contributed by atoms with Crippen molar-refractivity contribution in [1.82, 2.24) is 4.72 Å². The third-order valence-electron chi connectivity index (χ3n) is 2.59. The van der Waals surface area contributed by atoms with Crippen molar-refractivity contribution < 1.29 is 22.6 Å². The van der Waals surface area contributed by atoms with Crippen molar-refractivity contribution in [3.63, 3.8) is 0 Å². The zero-order valence-corrected chi connectivity index (χ0v) is 12.4. The highest BCUT2D eigenvalue weighted by Crippen LogP contribution is 2.35. The van der Waals surface area contributed by atoms with Gasteiger partial charge in [0.25, 0.3) is 0 Å². The number of hydrogen-bond acceptors (Lipinski definition) is 5. The Kier molecular flexibility index (Phi) is 4.72. The maximum absolute atomic E-state index is 11.6. The van der Waals surface area contributed by atoms with Crippen LogP contribution in [0.25, 0.3) is 0 Å². The van der Waals surface area contributed by atoms with Gasteiger partial charge in [-0.15, -0.1) is 0 Å². The van der Waals surface area contributed by atoms with E-state index in [9.17, 15) is 8.42 Å². The molecule has 6 nitrogen and oxygen atoms in total. The van der Waals surface area contributed by atoms with E-state index in [1.54, 1.807) is 32.0 Å². The Balaban J connectivity index is 1.76. The van der Waals surface area contributed by atoms with Crippen LogP contribution in [0.15, 0.2) is 18.2 Å². The molecular weight excluding hydrogens is 282 g/mol. The van der Waals surface area contributed by atoms with E-state index >= 15 is 0 Å². The van der Waals surface area contributed by atoms with E-state index in [2.05, 4.69) is 4.72 Å². The minimum atomic E-state index is -3.22. The van der Waals surface area contributed by atoms with Crippen LogP contribution in [0.5, 0.6) is 17.2 Å². The van der Waals surface area contributed by atoms with Crippen LogP contribution in [0.4, 0.5) is 0 Å². The molecule has 1 heterocycles. The van der Waals surface area contributed by atoms with E-state index < -0.39 is 10.0 Å². The van der Waals surface area contributed by atoms with Gasteiger partial charge in [0.15, 0.2) is 11.5 Å². The molecule has 0 aliphatic carbocycles. The van der Waals surface area contributed by atoms with E-state index in [1.165, 1.54) is 0 Å². The first-order valence-corrected chi connectivity index (χ1v) is 8.14. The van der Waals surface area contributed by atoms with Gasteiger partial charge < -0.3 is 14.2 Å². The molecule has 0 unspecified atom stereocenters. The third-order valence-corrected chi connectivity index (χ3v) is 4.24. The predicted octanol–water partition coefficient (Wildman–Crippen LogP) is 1.51. The number of nitrogens with one attached hydrogen (secondary N) is 1. The molecule has 112 valence electrons. The van der Waals surface area contributed by atoms with Gasteiger partial charge in [0, 0.05) is 12.1 Å². The van der Waals surface area contributed by atoms with E-state index in [4.69, 9.17) is 14.2 Å². The molecule has 20 heavy (non-hydrogen) atoms. The standard InChI is InChI=1S/C13H19NO5S/c1-10(2)14-20(15,16)7-3-6-17-11-4-5-12-13(8-11)19-9-18-12/h4-5,8,10,14H,3,6-7,9H2,1-2H3. The lowest BCUT2D eigenvalue weighted by Gasteiger charge is -2.10. The summed E-state index contributed by atoms with van der Waals surface area (Å²) in [6.07, 6.45) is 0.427. The molecule has 1 aliphatic heterocycles. The lowest BCUT2D eigenvalue weighted by atomic mass is 10.3. The zero-order valence-electron chi connectivity index (χ0n) is 11.6. The van der Waals surface area contributed by atoms with Crippen molar-refractivity contribution in [1.29, 1.82) is 0 Å². The monoisotopic (exact) mass is 301 g/mol. The molecule has 0 atom stereocenters. The summed E-state index contributed by atoms with van der Waals surface area (Å²) < 4.78 is 41.7. The highest BCUT2D eigenvalue weighted by Gasteiger charge is 2.14. The molecule has 0 aromatic heterocycles. The van der Waals surface area contributed by atoms with Gasteiger partial charge in [0.2, 0.25) is 16.8 Å². The summed E-state index contributed by atoms with van der Waals surface area (Å²) >= 11 is 0. The quantitative estimate of drug-likeness (QED) is 0.773. The van der Waals surface area contributed by atoms with Crippen molar-refractivity contribution in [2.24, 2.45) is 0 Å². The molecule has 2 rings (SSSR count).